The van der Waals surface area contributed by atoms with Crippen LogP contribution in [0.3, 0.4) is 0 Å². The molecule has 0 unspecified atom stereocenters. The molecule has 0 aliphatic rings. The van der Waals surface area contributed by atoms with E-state index in [1.165, 1.54) is 11.3 Å². The van der Waals surface area contributed by atoms with Crippen LogP contribution in [0.2, 0.25) is 0 Å². The maximum atomic E-state index is 10.9. The summed E-state index contributed by atoms with van der Waals surface area (Å²) in [5, 5.41) is 8.97. The first kappa shape index (κ1) is 14.2. The van der Waals surface area contributed by atoms with Gasteiger partial charge in [-0.15, -0.1) is 11.3 Å². The highest BCUT2D eigenvalue weighted by Gasteiger charge is 2.15. The van der Waals surface area contributed by atoms with Gasteiger partial charge >= 0.3 is 5.97 Å². The average Bonchev–Trinajstić information content (AvgIpc) is 2.59. The Labute approximate surface area is 107 Å². The molecule has 0 radical (unpaired) electrons. The molecular weight excluding hydrogens is 234 g/mol. The van der Waals surface area contributed by atoms with E-state index in [1.54, 1.807) is 0 Å². The fraction of sp³-hybridized carbons (Fsp3) is 0.615. The van der Waals surface area contributed by atoms with Gasteiger partial charge in [0.25, 0.3) is 0 Å². The molecule has 96 valence electrons. The lowest BCUT2D eigenvalue weighted by Crippen LogP contribution is -2.31. The predicted molar refractivity (Wildman–Crippen MR) is 71.9 cm³/mol. The summed E-state index contributed by atoms with van der Waals surface area (Å²) in [5.74, 6) is -0.823. The summed E-state index contributed by atoms with van der Waals surface area (Å²) in [6.45, 7) is 10.4. The van der Waals surface area contributed by atoms with Crippen LogP contribution in [0.4, 0.5) is 0 Å². The molecule has 0 saturated carbocycles. The van der Waals surface area contributed by atoms with Gasteiger partial charge in [-0.3, -0.25) is 4.90 Å². The van der Waals surface area contributed by atoms with Gasteiger partial charge < -0.3 is 5.11 Å². The topological polar surface area (TPSA) is 40.5 Å². The van der Waals surface area contributed by atoms with Gasteiger partial charge in [-0.2, -0.15) is 0 Å². The molecule has 1 aromatic rings. The molecule has 1 heterocycles. The highest BCUT2D eigenvalue weighted by molar-refractivity contribution is 7.14. The summed E-state index contributed by atoms with van der Waals surface area (Å²) >= 11 is 1.37. The number of thiophene rings is 1. The number of rotatable bonds is 6. The van der Waals surface area contributed by atoms with Gasteiger partial charge in [0.1, 0.15) is 4.88 Å². The summed E-state index contributed by atoms with van der Waals surface area (Å²) in [6, 6.07) is 2.30. The Hall–Kier alpha value is -0.870. The third-order valence-corrected chi connectivity index (χ3v) is 3.93. The summed E-state index contributed by atoms with van der Waals surface area (Å²) in [7, 11) is 0. The number of hydrogen-bond acceptors (Lipinski definition) is 3. The Morgan fingerprint density at radius 1 is 1.53 bits per heavy atom. The van der Waals surface area contributed by atoms with E-state index in [0.29, 0.717) is 10.9 Å². The van der Waals surface area contributed by atoms with Gasteiger partial charge in [-0.25, -0.2) is 4.79 Å². The molecule has 0 aliphatic carbocycles. The summed E-state index contributed by atoms with van der Waals surface area (Å²) in [6.07, 6.45) is 1.12. The highest BCUT2D eigenvalue weighted by atomic mass is 32.1. The van der Waals surface area contributed by atoms with E-state index in [-0.39, 0.29) is 0 Å². The zero-order chi connectivity index (χ0) is 13.0. The quantitative estimate of drug-likeness (QED) is 0.847. The minimum atomic E-state index is -0.823. The molecular formula is C13H21NO2S. The van der Waals surface area contributed by atoms with Crippen molar-refractivity contribution < 1.29 is 9.90 Å². The smallest absolute Gasteiger partial charge is 0.345 e. The van der Waals surface area contributed by atoms with E-state index in [0.717, 1.165) is 30.0 Å². The van der Waals surface area contributed by atoms with Gasteiger partial charge in [0.15, 0.2) is 0 Å². The highest BCUT2D eigenvalue weighted by Crippen LogP contribution is 2.23. The second-order valence-corrected chi connectivity index (χ2v) is 5.82. The summed E-state index contributed by atoms with van der Waals surface area (Å²) in [5.41, 5.74) is 1.15. The largest absolute Gasteiger partial charge is 0.477 e. The first-order valence-electron chi connectivity index (χ1n) is 6.02. The van der Waals surface area contributed by atoms with Crippen LogP contribution in [-0.4, -0.2) is 28.6 Å². The van der Waals surface area contributed by atoms with Gasteiger partial charge in [0.2, 0.25) is 0 Å². The first-order valence-corrected chi connectivity index (χ1v) is 6.84. The Morgan fingerprint density at radius 2 is 2.18 bits per heavy atom. The third-order valence-electron chi connectivity index (χ3n) is 2.85. The van der Waals surface area contributed by atoms with Crippen LogP contribution in [0, 0.1) is 6.92 Å². The number of hydrogen-bond donors (Lipinski definition) is 1. The predicted octanol–water partition coefficient (Wildman–Crippen LogP) is 3.38. The number of aryl methyl sites for hydroxylation is 1. The van der Waals surface area contributed by atoms with Gasteiger partial charge in [-0.1, -0.05) is 6.92 Å². The Morgan fingerprint density at radius 3 is 2.59 bits per heavy atom. The molecule has 3 nitrogen and oxygen atoms in total. The number of carboxylic acid groups (broad SMARTS) is 1. The normalized spacial score (nSPS) is 11.4. The first-order chi connectivity index (χ1) is 7.95. The molecule has 0 bridgehead atoms. The van der Waals surface area contributed by atoms with E-state index in [4.69, 9.17) is 5.11 Å². The molecule has 17 heavy (non-hydrogen) atoms. The second kappa shape index (κ2) is 6.17. The van der Waals surface area contributed by atoms with E-state index < -0.39 is 5.97 Å². The van der Waals surface area contributed by atoms with Crippen molar-refractivity contribution in [2.24, 2.45) is 0 Å². The number of carboxylic acids is 1. The molecule has 1 aromatic heterocycles. The van der Waals surface area contributed by atoms with Crippen molar-refractivity contribution in [1.29, 1.82) is 0 Å². The Kier molecular flexibility index (Phi) is 5.15. The van der Waals surface area contributed by atoms with Crippen molar-refractivity contribution in [3.05, 3.63) is 21.4 Å². The molecule has 0 amide bonds. The maximum absolute atomic E-state index is 10.9. The Bertz CT molecular complexity index is 385. The summed E-state index contributed by atoms with van der Waals surface area (Å²) in [4.78, 5) is 14.8. The van der Waals surface area contributed by atoms with Crippen molar-refractivity contribution in [2.45, 2.75) is 46.7 Å². The molecule has 4 heteroatoms. The van der Waals surface area contributed by atoms with E-state index in [9.17, 15) is 4.79 Å². The molecule has 1 rings (SSSR count). The van der Waals surface area contributed by atoms with Crippen LogP contribution >= 0.6 is 11.3 Å². The average molecular weight is 255 g/mol. The zero-order valence-electron chi connectivity index (χ0n) is 11.0. The maximum Gasteiger partial charge on any atom is 0.345 e. The van der Waals surface area contributed by atoms with Crippen LogP contribution in [0.15, 0.2) is 6.07 Å². The molecule has 0 saturated heterocycles. The van der Waals surface area contributed by atoms with E-state index >= 15 is 0 Å². The number of aromatic carboxylic acids is 1. The van der Waals surface area contributed by atoms with Gasteiger partial charge in [-0.05, 0) is 45.4 Å². The second-order valence-electron chi connectivity index (χ2n) is 4.56. The van der Waals surface area contributed by atoms with Crippen molar-refractivity contribution in [1.82, 2.24) is 4.90 Å². The van der Waals surface area contributed by atoms with Crippen molar-refractivity contribution >= 4 is 17.3 Å². The minimum absolute atomic E-state index is 0.442. The third kappa shape index (κ3) is 3.82. The van der Waals surface area contributed by atoms with Crippen molar-refractivity contribution in [2.75, 3.05) is 6.54 Å². The zero-order valence-corrected chi connectivity index (χ0v) is 11.8. The Balaban J connectivity index is 2.82. The SMILES string of the molecule is CCCN(Cc1cc(C(=O)O)sc1C)C(C)C. The molecule has 1 N–H and O–H groups in total. The molecule has 0 aromatic carbocycles. The monoisotopic (exact) mass is 255 g/mol. The van der Waals surface area contributed by atoms with Gasteiger partial charge in [0, 0.05) is 17.5 Å². The van der Waals surface area contributed by atoms with Crippen molar-refractivity contribution in [3.8, 4) is 0 Å². The lowest BCUT2D eigenvalue weighted by molar-refractivity contribution is 0.0702. The molecule has 0 spiro atoms. The van der Waals surface area contributed by atoms with E-state index in [1.807, 2.05) is 13.0 Å². The minimum Gasteiger partial charge on any atom is -0.477 e. The van der Waals surface area contributed by atoms with E-state index in [2.05, 4.69) is 25.7 Å². The molecule has 0 aliphatic heterocycles. The fourth-order valence-electron chi connectivity index (χ4n) is 1.81. The lowest BCUT2D eigenvalue weighted by Gasteiger charge is -2.25. The molecule has 0 fully saturated rings. The van der Waals surface area contributed by atoms with Crippen LogP contribution in [-0.2, 0) is 6.54 Å². The number of nitrogens with zero attached hydrogens (tertiary/aromatic N) is 1. The van der Waals surface area contributed by atoms with Crippen LogP contribution in [0.25, 0.3) is 0 Å². The standard InChI is InChI=1S/C13H21NO2S/c1-5-6-14(9(2)3)8-11-7-12(13(15)16)17-10(11)4/h7,9H,5-6,8H2,1-4H3,(H,15,16). The van der Waals surface area contributed by atoms with Crippen LogP contribution in [0.5, 0.6) is 0 Å². The van der Waals surface area contributed by atoms with Crippen LogP contribution < -0.4 is 0 Å². The molecule has 0 atom stereocenters. The summed E-state index contributed by atoms with van der Waals surface area (Å²) < 4.78 is 0. The van der Waals surface area contributed by atoms with Crippen LogP contribution in [0.1, 0.15) is 47.3 Å². The lowest BCUT2D eigenvalue weighted by atomic mass is 10.2. The van der Waals surface area contributed by atoms with Crippen molar-refractivity contribution in [3.63, 3.8) is 0 Å². The van der Waals surface area contributed by atoms with Gasteiger partial charge in [0.05, 0.1) is 0 Å². The number of carbonyl (C=O) groups is 1. The fourth-order valence-corrected chi connectivity index (χ4v) is 2.68.